The Hall–Kier alpha value is -1.67. The first-order chi connectivity index (χ1) is 12.6. The predicted molar refractivity (Wildman–Crippen MR) is 110 cm³/mol. The van der Waals surface area contributed by atoms with Crippen molar-refractivity contribution in [2.75, 3.05) is 53.5 Å². The lowest BCUT2D eigenvalue weighted by Crippen LogP contribution is -2.41. The summed E-state index contributed by atoms with van der Waals surface area (Å²) in [6.07, 6.45) is -0.591. The Morgan fingerprint density at radius 1 is 1.31 bits per heavy atom. The minimum absolute atomic E-state index is 0.335. The van der Waals surface area contributed by atoms with E-state index in [2.05, 4.69) is 39.7 Å². The second-order valence-electron chi connectivity index (χ2n) is 6.14. The maximum Gasteiger partial charge on any atom is 0.191 e. The molecule has 1 aromatic heterocycles. The fourth-order valence-electron chi connectivity index (χ4n) is 2.50. The Bertz CT molecular complexity index is 656. The molecule has 0 bridgehead atoms. The predicted octanol–water partition coefficient (Wildman–Crippen LogP) is 2.07. The summed E-state index contributed by atoms with van der Waals surface area (Å²) in [7, 11) is 3.78. The SMILES string of the molecule is CCNC(=NCC(O)c1cc2ccccc2s1)NCCN(C)CCOC. The molecule has 0 amide bonds. The number of aliphatic hydroxyl groups is 1. The normalized spacial score (nSPS) is 13.3. The molecule has 0 spiro atoms. The molecule has 0 aliphatic carbocycles. The van der Waals surface area contributed by atoms with E-state index in [-0.39, 0.29) is 0 Å². The number of aliphatic imine (C=N–C) groups is 1. The van der Waals surface area contributed by atoms with Crippen LogP contribution in [-0.2, 0) is 4.74 Å². The molecule has 0 fully saturated rings. The Morgan fingerprint density at radius 3 is 2.85 bits per heavy atom. The molecule has 1 aromatic carbocycles. The molecule has 6 nitrogen and oxygen atoms in total. The van der Waals surface area contributed by atoms with Crippen LogP contribution in [-0.4, -0.2) is 69.5 Å². The van der Waals surface area contributed by atoms with Crippen molar-refractivity contribution in [3.63, 3.8) is 0 Å². The zero-order valence-electron chi connectivity index (χ0n) is 15.9. The molecule has 7 heteroatoms. The first-order valence-electron chi connectivity index (χ1n) is 9.00. The minimum atomic E-state index is -0.591. The number of hydrogen-bond donors (Lipinski definition) is 3. The lowest BCUT2D eigenvalue weighted by Gasteiger charge is -2.18. The van der Waals surface area contributed by atoms with Gasteiger partial charge in [0.25, 0.3) is 0 Å². The Kier molecular flexibility index (Phi) is 8.84. The van der Waals surface area contributed by atoms with E-state index in [1.165, 1.54) is 10.1 Å². The molecule has 26 heavy (non-hydrogen) atoms. The standard InChI is InChI=1S/C19H30N4O2S/c1-4-20-19(21-9-10-23(2)11-12-25-3)22-14-16(24)18-13-15-7-5-6-8-17(15)26-18/h5-8,13,16,24H,4,9-12,14H2,1-3H3,(H2,20,21,22). The van der Waals surface area contributed by atoms with E-state index in [4.69, 9.17) is 4.74 Å². The highest BCUT2D eigenvalue weighted by Crippen LogP contribution is 2.29. The van der Waals surface area contributed by atoms with E-state index < -0.39 is 6.10 Å². The first kappa shape index (κ1) is 20.6. The van der Waals surface area contributed by atoms with E-state index in [1.54, 1.807) is 18.4 Å². The summed E-state index contributed by atoms with van der Waals surface area (Å²) in [6.45, 7) is 6.45. The molecular weight excluding hydrogens is 348 g/mol. The quantitative estimate of drug-likeness (QED) is 0.436. The fourth-order valence-corrected chi connectivity index (χ4v) is 3.54. The van der Waals surface area contributed by atoms with Gasteiger partial charge in [-0.15, -0.1) is 11.3 Å². The fraction of sp³-hybridized carbons (Fsp3) is 0.526. The summed E-state index contributed by atoms with van der Waals surface area (Å²) >= 11 is 1.62. The molecule has 0 aliphatic rings. The average molecular weight is 379 g/mol. The van der Waals surface area contributed by atoms with Gasteiger partial charge in [-0.2, -0.15) is 0 Å². The average Bonchev–Trinajstić information content (AvgIpc) is 3.08. The lowest BCUT2D eigenvalue weighted by molar-refractivity contribution is 0.162. The van der Waals surface area contributed by atoms with E-state index in [9.17, 15) is 5.11 Å². The molecule has 1 unspecified atom stereocenters. The number of rotatable bonds is 10. The zero-order valence-corrected chi connectivity index (χ0v) is 16.7. The van der Waals surface area contributed by atoms with Gasteiger partial charge < -0.3 is 25.4 Å². The molecule has 0 aliphatic heterocycles. The van der Waals surface area contributed by atoms with Gasteiger partial charge in [0.1, 0.15) is 6.10 Å². The van der Waals surface area contributed by atoms with Crippen LogP contribution in [0.3, 0.4) is 0 Å². The van der Waals surface area contributed by atoms with Gasteiger partial charge in [0.15, 0.2) is 5.96 Å². The van der Waals surface area contributed by atoms with Crippen LogP contribution in [0.5, 0.6) is 0 Å². The molecule has 3 N–H and O–H groups in total. The number of hydrogen-bond acceptors (Lipinski definition) is 5. The van der Waals surface area contributed by atoms with E-state index in [1.807, 2.05) is 25.1 Å². The van der Waals surface area contributed by atoms with Gasteiger partial charge in [-0.3, -0.25) is 4.99 Å². The number of ether oxygens (including phenoxy) is 1. The van der Waals surface area contributed by atoms with Gasteiger partial charge in [-0.1, -0.05) is 18.2 Å². The molecule has 0 saturated carbocycles. The van der Waals surface area contributed by atoms with Gasteiger partial charge in [0.05, 0.1) is 13.2 Å². The number of thiophene rings is 1. The summed E-state index contributed by atoms with van der Waals surface area (Å²) in [5.41, 5.74) is 0. The molecule has 1 heterocycles. The Morgan fingerprint density at radius 2 is 2.12 bits per heavy atom. The third kappa shape index (κ3) is 6.57. The van der Waals surface area contributed by atoms with Gasteiger partial charge in [-0.25, -0.2) is 0 Å². The van der Waals surface area contributed by atoms with E-state index in [0.717, 1.165) is 43.6 Å². The molecular formula is C19H30N4O2S. The summed E-state index contributed by atoms with van der Waals surface area (Å²) in [6, 6.07) is 10.2. The summed E-state index contributed by atoms with van der Waals surface area (Å²) in [5, 5.41) is 18.2. The number of nitrogens with zero attached hydrogens (tertiary/aromatic N) is 2. The van der Waals surface area contributed by atoms with Crippen molar-refractivity contribution in [2.24, 2.45) is 4.99 Å². The number of fused-ring (bicyclic) bond motifs is 1. The van der Waals surface area contributed by atoms with Gasteiger partial charge >= 0.3 is 0 Å². The molecule has 2 aromatic rings. The van der Waals surface area contributed by atoms with Crippen LogP contribution in [0.25, 0.3) is 10.1 Å². The van der Waals surface area contributed by atoms with Crippen LogP contribution in [0.1, 0.15) is 17.9 Å². The van der Waals surface area contributed by atoms with Crippen molar-refractivity contribution in [1.82, 2.24) is 15.5 Å². The van der Waals surface area contributed by atoms with Crippen molar-refractivity contribution < 1.29 is 9.84 Å². The van der Waals surface area contributed by atoms with E-state index >= 15 is 0 Å². The van der Waals surface area contributed by atoms with Crippen molar-refractivity contribution in [3.05, 3.63) is 35.2 Å². The Balaban J connectivity index is 1.86. The van der Waals surface area contributed by atoms with Crippen LogP contribution in [0.4, 0.5) is 0 Å². The Labute approximate surface area is 159 Å². The van der Waals surface area contributed by atoms with Crippen molar-refractivity contribution in [2.45, 2.75) is 13.0 Å². The number of nitrogens with one attached hydrogen (secondary N) is 2. The van der Waals surface area contributed by atoms with Gasteiger partial charge in [-0.05, 0) is 31.5 Å². The van der Waals surface area contributed by atoms with Crippen LogP contribution in [0.15, 0.2) is 35.3 Å². The van der Waals surface area contributed by atoms with Crippen LogP contribution in [0, 0.1) is 0 Å². The minimum Gasteiger partial charge on any atom is -0.386 e. The van der Waals surface area contributed by atoms with Crippen LogP contribution < -0.4 is 10.6 Å². The molecule has 2 rings (SSSR count). The zero-order chi connectivity index (χ0) is 18.8. The smallest absolute Gasteiger partial charge is 0.191 e. The molecule has 0 radical (unpaired) electrons. The monoisotopic (exact) mass is 378 g/mol. The maximum atomic E-state index is 10.5. The highest BCUT2D eigenvalue weighted by atomic mass is 32.1. The topological polar surface area (TPSA) is 69.1 Å². The molecule has 1 atom stereocenters. The number of aliphatic hydroxyl groups excluding tert-OH is 1. The number of benzene rings is 1. The third-order valence-corrected chi connectivity index (χ3v) is 5.22. The van der Waals surface area contributed by atoms with Gasteiger partial charge in [0, 0.05) is 42.9 Å². The van der Waals surface area contributed by atoms with Crippen molar-refractivity contribution in [3.8, 4) is 0 Å². The van der Waals surface area contributed by atoms with Crippen molar-refractivity contribution >= 4 is 27.4 Å². The van der Waals surface area contributed by atoms with Gasteiger partial charge in [0.2, 0.25) is 0 Å². The second kappa shape index (κ2) is 11.1. The number of likely N-dealkylation sites (N-methyl/N-ethyl adjacent to an activating group) is 1. The summed E-state index contributed by atoms with van der Waals surface area (Å²) in [4.78, 5) is 7.68. The molecule has 0 saturated heterocycles. The summed E-state index contributed by atoms with van der Waals surface area (Å²) < 4.78 is 6.27. The largest absolute Gasteiger partial charge is 0.386 e. The van der Waals surface area contributed by atoms with Crippen molar-refractivity contribution in [1.29, 1.82) is 0 Å². The summed E-state index contributed by atoms with van der Waals surface area (Å²) in [5.74, 6) is 0.729. The van der Waals surface area contributed by atoms with E-state index in [0.29, 0.717) is 6.54 Å². The highest BCUT2D eigenvalue weighted by molar-refractivity contribution is 7.19. The van der Waals surface area contributed by atoms with Crippen LogP contribution >= 0.6 is 11.3 Å². The first-order valence-corrected chi connectivity index (χ1v) is 9.82. The third-order valence-electron chi connectivity index (χ3n) is 4.00. The number of methoxy groups -OCH3 is 1. The highest BCUT2D eigenvalue weighted by Gasteiger charge is 2.11. The maximum absolute atomic E-state index is 10.5. The molecule has 144 valence electrons. The second-order valence-corrected chi connectivity index (χ2v) is 7.26. The number of guanidine groups is 1. The van der Waals surface area contributed by atoms with Crippen LogP contribution in [0.2, 0.25) is 0 Å². The lowest BCUT2D eigenvalue weighted by atomic mass is 10.2.